The van der Waals surface area contributed by atoms with E-state index in [0.717, 1.165) is 11.3 Å². The average Bonchev–Trinajstić information content (AvgIpc) is 2.27. The van der Waals surface area contributed by atoms with Crippen LogP contribution >= 0.6 is 0 Å². The molecular weight excluding hydrogens is 226 g/mol. The minimum atomic E-state index is -3.00. The second-order valence-electron chi connectivity index (χ2n) is 3.54. The average molecular weight is 243 g/mol. The predicted octanol–water partition coefficient (Wildman–Crippen LogP) is 0.611. The molecule has 0 radical (unpaired) electrons. The Morgan fingerprint density at radius 1 is 1.19 bits per heavy atom. The molecule has 0 atom stereocenters. The molecule has 0 aliphatic carbocycles. The van der Waals surface area contributed by atoms with Crippen LogP contribution in [-0.2, 0) is 16.3 Å². The van der Waals surface area contributed by atoms with Crippen molar-refractivity contribution in [1.29, 1.82) is 0 Å². The highest BCUT2D eigenvalue weighted by molar-refractivity contribution is 7.91. The number of aryl methyl sites for hydroxylation is 1. The number of rotatable bonds is 6. The van der Waals surface area contributed by atoms with Crippen molar-refractivity contribution in [2.24, 2.45) is 5.73 Å². The van der Waals surface area contributed by atoms with Crippen molar-refractivity contribution >= 4 is 9.84 Å². The summed E-state index contributed by atoms with van der Waals surface area (Å²) < 4.78 is 27.9. The molecule has 5 heteroatoms. The van der Waals surface area contributed by atoms with Crippen LogP contribution in [0.5, 0.6) is 5.75 Å². The predicted molar refractivity (Wildman–Crippen MR) is 64.4 cm³/mol. The van der Waals surface area contributed by atoms with Crippen molar-refractivity contribution in [3.8, 4) is 5.75 Å². The van der Waals surface area contributed by atoms with Crippen LogP contribution in [-0.4, -0.2) is 33.6 Å². The molecule has 0 saturated heterocycles. The normalized spacial score (nSPS) is 11.4. The SMILES string of the molecule is COc1ccc(CCS(=O)(=O)CCN)cc1. The van der Waals surface area contributed by atoms with Crippen LogP contribution in [0, 0.1) is 0 Å². The van der Waals surface area contributed by atoms with Crippen LogP contribution in [0.1, 0.15) is 5.56 Å². The van der Waals surface area contributed by atoms with E-state index in [2.05, 4.69) is 0 Å². The molecule has 0 spiro atoms. The smallest absolute Gasteiger partial charge is 0.151 e. The number of hydrogen-bond donors (Lipinski definition) is 1. The first-order valence-electron chi connectivity index (χ1n) is 5.11. The van der Waals surface area contributed by atoms with Crippen molar-refractivity contribution in [3.63, 3.8) is 0 Å². The van der Waals surface area contributed by atoms with E-state index in [-0.39, 0.29) is 18.1 Å². The van der Waals surface area contributed by atoms with Gasteiger partial charge in [0.2, 0.25) is 0 Å². The highest BCUT2D eigenvalue weighted by Crippen LogP contribution is 2.12. The van der Waals surface area contributed by atoms with E-state index in [1.165, 1.54) is 0 Å². The largest absolute Gasteiger partial charge is 0.497 e. The summed E-state index contributed by atoms with van der Waals surface area (Å²) in [4.78, 5) is 0. The van der Waals surface area contributed by atoms with Crippen LogP contribution in [0.4, 0.5) is 0 Å². The highest BCUT2D eigenvalue weighted by Gasteiger charge is 2.09. The van der Waals surface area contributed by atoms with Crippen LogP contribution in [0.25, 0.3) is 0 Å². The second-order valence-corrected chi connectivity index (χ2v) is 5.84. The number of nitrogens with two attached hydrogens (primary N) is 1. The van der Waals surface area contributed by atoms with E-state index in [0.29, 0.717) is 6.42 Å². The van der Waals surface area contributed by atoms with Crippen LogP contribution < -0.4 is 10.5 Å². The van der Waals surface area contributed by atoms with Gasteiger partial charge in [-0.15, -0.1) is 0 Å². The molecule has 0 aromatic heterocycles. The van der Waals surface area contributed by atoms with Crippen LogP contribution in [0.15, 0.2) is 24.3 Å². The summed E-state index contributed by atoms with van der Waals surface area (Å²) in [6, 6.07) is 7.39. The molecule has 90 valence electrons. The lowest BCUT2D eigenvalue weighted by atomic mass is 10.2. The molecule has 0 aliphatic heterocycles. The van der Waals surface area contributed by atoms with Gasteiger partial charge in [-0.1, -0.05) is 12.1 Å². The molecule has 0 fully saturated rings. The number of ether oxygens (including phenoxy) is 1. The number of sulfone groups is 1. The maximum atomic E-state index is 11.4. The Bertz CT molecular complexity index is 411. The Kier molecular flexibility index (Phi) is 4.76. The Labute approximate surface area is 96.3 Å². The highest BCUT2D eigenvalue weighted by atomic mass is 32.2. The van der Waals surface area contributed by atoms with Crippen molar-refractivity contribution in [2.45, 2.75) is 6.42 Å². The maximum Gasteiger partial charge on any atom is 0.151 e. The third-order valence-electron chi connectivity index (χ3n) is 2.29. The van der Waals surface area contributed by atoms with E-state index in [4.69, 9.17) is 10.5 Å². The summed E-state index contributed by atoms with van der Waals surface area (Å²) >= 11 is 0. The molecule has 0 heterocycles. The van der Waals surface area contributed by atoms with Gasteiger partial charge in [-0.2, -0.15) is 0 Å². The summed E-state index contributed by atoms with van der Waals surface area (Å²) in [5, 5.41) is 0. The number of hydrogen-bond acceptors (Lipinski definition) is 4. The summed E-state index contributed by atoms with van der Waals surface area (Å²) in [6.07, 6.45) is 0.520. The van der Waals surface area contributed by atoms with E-state index < -0.39 is 9.84 Å². The molecule has 2 N–H and O–H groups in total. The van der Waals surface area contributed by atoms with Crippen molar-refractivity contribution < 1.29 is 13.2 Å². The van der Waals surface area contributed by atoms with Gasteiger partial charge < -0.3 is 10.5 Å². The molecule has 1 rings (SSSR count). The first kappa shape index (κ1) is 13.0. The van der Waals surface area contributed by atoms with Gasteiger partial charge in [0.05, 0.1) is 18.6 Å². The van der Waals surface area contributed by atoms with Crippen molar-refractivity contribution in [3.05, 3.63) is 29.8 Å². The molecule has 0 aliphatic rings. The number of benzene rings is 1. The standard InChI is InChI=1S/C11H17NO3S/c1-15-11-4-2-10(3-5-11)6-8-16(13,14)9-7-12/h2-5H,6-9,12H2,1H3. The Balaban J connectivity index is 2.54. The van der Waals surface area contributed by atoms with E-state index in [9.17, 15) is 8.42 Å². The van der Waals surface area contributed by atoms with Crippen LogP contribution in [0.3, 0.4) is 0 Å². The molecule has 0 saturated carbocycles. The molecule has 4 nitrogen and oxygen atoms in total. The summed E-state index contributed by atoms with van der Waals surface area (Å²) in [6.45, 7) is 0.185. The molecule has 1 aromatic rings. The first-order chi connectivity index (χ1) is 7.57. The van der Waals surface area contributed by atoms with Gasteiger partial charge in [-0.05, 0) is 24.1 Å². The summed E-state index contributed by atoms with van der Waals surface area (Å²) in [5.41, 5.74) is 6.21. The summed E-state index contributed by atoms with van der Waals surface area (Å²) in [5.74, 6) is 0.980. The fraction of sp³-hybridized carbons (Fsp3) is 0.455. The van der Waals surface area contributed by atoms with Gasteiger partial charge in [0.1, 0.15) is 5.75 Å². The summed E-state index contributed by atoms with van der Waals surface area (Å²) in [7, 11) is -1.40. The molecule has 16 heavy (non-hydrogen) atoms. The lowest BCUT2D eigenvalue weighted by Crippen LogP contribution is -2.19. The Morgan fingerprint density at radius 3 is 2.31 bits per heavy atom. The van der Waals surface area contributed by atoms with Gasteiger partial charge >= 0.3 is 0 Å². The molecule has 1 aromatic carbocycles. The lowest BCUT2D eigenvalue weighted by Gasteiger charge is -2.04. The zero-order valence-electron chi connectivity index (χ0n) is 9.35. The fourth-order valence-electron chi connectivity index (χ4n) is 1.35. The fourth-order valence-corrected chi connectivity index (χ4v) is 2.46. The molecule has 0 unspecified atom stereocenters. The molecular formula is C11H17NO3S. The van der Waals surface area contributed by atoms with E-state index in [1.807, 2.05) is 24.3 Å². The van der Waals surface area contributed by atoms with Gasteiger partial charge in [-0.25, -0.2) is 8.42 Å². The quantitative estimate of drug-likeness (QED) is 0.795. The van der Waals surface area contributed by atoms with Gasteiger partial charge in [0.15, 0.2) is 9.84 Å². The van der Waals surface area contributed by atoms with Crippen molar-refractivity contribution in [1.82, 2.24) is 0 Å². The molecule has 0 bridgehead atoms. The maximum absolute atomic E-state index is 11.4. The van der Waals surface area contributed by atoms with Gasteiger partial charge in [0, 0.05) is 6.54 Å². The minimum Gasteiger partial charge on any atom is -0.497 e. The van der Waals surface area contributed by atoms with E-state index >= 15 is 0 Å². The van der Waals surface area contributed by atoms with Crippen LogP contribution in [0.2, 0.25) is 0 Å². The Morgan fingerprint density at radius 2 is 1.81 bits per heavy atom. The zero-order chi connectivity index (χ0) is 12.0. The van der Waals surface area contributed by atoms with Crippen molar-refractivity contribution in [2.75, 3.05) is 25.2 Å². The van der Waals surface area contributed by atoms with Gasteiger partial charge in [0.25, 0.3) is 0 Å². The van der Waals surface area contributed by atoms with Gasteiger partial charge in [-0.3, -0.25) is 0 Å². The lowest BCUT2D eigenvalue weighted by molar-refractivity contribution is 0.414. The Hall–Kier alpha value is -1.07. The number of methoxy groups -OCH3 is 1. The second kappa shape index (κ2) is 5.86. The topological polar surface area (TPSA) is 69.4 Å². The van der Waals surface area contributed by atoms with E-state index in [1.54, 1.807) is 7.11 Å². The first-order valence-corrected chi connectivity index (χ1v) is 6.93. The monoisotopic (exact) mass is 243 g/mol. The third-order valence-corrected chi connectivity index (χ3v) is 3.97. The minimum absolute atomic E-state index is 0.0587. The third kappa shape index (κ3) is 4.20. The molecule has 0 amide bonds. The zero-order valence-corrected chi connectivity index (χ0v) is 10.2.